The third kappa shape index (κ3) is 3.29. The van der Waals surface area contributed by atoms with Gasteiger partial charge in [0.05, 0.1) is 4.90 Å². The zero-order valence-corrected chi connectivity index (χ0v) is 13.2. The molecule has 0 atom stereocenters. The second-order valence-electron chi connectivity index (χ2n) is 4.29. The van der Waals surface area contributed by atoms with E-state index in [0.29, 0.717) is 0 Å². The van der Waals surface area contributed by atoms with Gasteiger partial charge in [-0.3, -0.25) is 4.79 Å². The summed E-state index contributed by atoms with van der Waals surface area (Å²) in [5.74, 6) is 0. The van der Waals surface area contributed by atoms with Crippen LogP contribution in [-0.2, 0) is 16.6 Å². The van der Waals surface area contributed by atoms with Gasteiger partial charge in [0, 0.05) is 22.5 Å². The first-order valence-electron chi connectivity index (χ1n) is 5.73. The molecular weight excluding hydrogens is 320 g/mol. The van der Waals surface area contributed by atoms with Crippen molar-refractivity contribution in [3.8, 4) is 0 Å². The van der Waals surface area contributed by atoms with E-state index in [0.717, 1.165) is 27.6 Å². The summed E-state index contributed by atoms with van der Waals surface area (Å²) >= 11 is 7.17. The predicted octanol–water partition coefficient (Wildman–Crippen LogP) is 2.19. The number of hydrogen-bond acceptors (Lipinski definition) is 4. The maximum Gasteiger partial charge on any atom is 0.266 e. The quantitative estimate of drug-likeness (QED) is 0.900. The van der Waals surface area contributed by atoms with Crippen molar-refractivity contribution in [2.75, 3.05) is 0 Å². The molecule has 0 aromatic carbocycles. The first-order valence-corrected chi connectivity index (χ1v) is 8.41. The summed E-state index contributed by atoms with van der Waals surface area (Å²) in [5, 5.41) is -0.157. The molecule has 2 rings (SSSR count). The van der Waals surface area contributed by atoms with Gasteiger partial charge in [-0.2, -0.15) is 0 Å². The van der Waals surface area contributed by atoms with E-state index in [1.165, 1.54) is 0 Å². The van der Waals surface area contributed by atoms with Crippen molar-refractivity contribution in [1.29, 1.82) is 0 Å². The number of aryl methyl sites for hydroxylation is 2. The first kappa shape index (κ1) is 15.2. The van der Waals surface area contributed by atoms with Gasteiger partial charge >= 0.3 is 0 Å². The lowest BCUT2D eigenvalue weighted by Crippen LogP contribution is -2.24. The van der Waals surface area contributed by atoms with E-state index < -0.39 is 15.6 Å². The fourth-order valence-electron chi connectivity index (χ4n) is 1.58. The van der Waals surface area contributed by atoms with E-state index in [9.17, 15) is 13.2 Å². The molecule has 2 aromatic rings. The topological polar surface area (TPSA) is 79.0 Å². The first-order chi connectivity index (χ1) is 9.29. The normalized spacial score (nSPS) is 11.8. The summed E-state index contributed by atoms with van der Waals surface area (Å²) < 4.78 is 26.6. The van der Waals surface area contributed by atoms with Gasteiger partial charge in [-0.1, -0.05) is 11.6 Å². The van der Waals surface area contributed by atoms with Gasteiger partial charge < -0.3 is 4.98 Å². The number of thiophene rings is 1. The highest BCUT2D eigenvalue weighted by Gasteiger charge is 2.16. The Balaban J connectivity index is 2.18. The highest BCUT2D eigenvalue weighted by atomic mass is 35.5. The van der Waals surface area contributed by atoms with Crippen molar-refractivity contribution in [3.63, 3.8) is 0 Å². The summed E-state index contributed by atoms with van der Waals surface area (Å²) in [6.45, 7) is 4.17. The molecule has 20 heavy (non-hydrogen) atoms. The molecule has 0 saturated heterocycles. The number of hydrogen-bond donors (Lipinski definition) is 2. The number of aromatic amines is 1. The lowest BCUT2D eigenvalue weighted by atomic mass is 10.3. The minimum Gasteiger partial charge on any atom is -0.326 e. The summed E-state index contributed by atoms with van der Waals surface area (Å²) in [6, 6.07) is 3.08. The Morgan fingerprint density at radius 3 is 2.60 bits per heavy atom. The Morgan fingerprint density at radius 2 is 2.05 bits per heavy atom. The molecule has 2 N–H and O–H groups in total. The SMILES string of the molecule is Cc1cc(CNS(=O)(=O)c2c[nH]c(=O)c(Cl)c2)sc1C. The molecule has 0 amide bonds. The van der Waals surface area contributed by atoms with E-state index in [1.807, 2.05) is 19.9 Å². The van der Waals surface area contributed by atoms with E-state index in [-0.39, 0.29) is 16.5 Å². The Labute approximate surface area is 125 Å². The highest BCUT2D eigenvalue weighted by Crippen LogP contribution is 2.21. The van der Waals surface area contributed by atoms with Gasteiger partial charge in [-0.25, -0.2) is 13.1 Å². The second kappa shape index (κ2) is 5.69. The zero-order chi connectivity index (χ0) is 14.9. The lowest BCUT2D eigenvalue weighted by molar-refractivity contribution is 0.581. The van der Waals surface area contributed by atoms with Crippen molar-refractivity contribution in [1.82, 2.24) is 9.71 Å². The standard InChI is InChI=1S/C12H13ClN2O3S2/c1-7-3-9(19-8(7)2)5-15-20(17,18)10-4-11(13)12(16)14-6-10/h3-4,6,15H,5H2,1-2H3,(H,14,16). The van der Waals surface area contributed by atoms with Crippen LogP contribution in [-0.4, -0.2) is 13.4 Å². The summed E-state index contributed by atoms with van der Waals surface area (Å²) in [5.41, 5.74) is 0.617. The number of H-pyrrole nitrogens is 1. The summed E-state index contributed by atoms with van der Waals surface area (Å²) in [4.78, 5) is 15.4. The van der Waals surface area contributed by atoms with Crippen molar-refractivity contribution >= 4 is 33.0 Å². The number of pyridine rings is 1. The minimum absolute atomic E-state index is 0.0629. The molecule has 2 heterocycles. The molecule has 0 aliphatic carbocycles. The molecule has 0 saturated carbocycles. The van der Waals surface area contributed by atoms with E-state index in [4.69, 9.17) is 11.6 Å². The van der Waals surface area contributed by atoms with Gasteiger partial charge in [-0.15, -0.1) is 11.3 Å². The average Bonchev–Trinajstić information content (AvgIpc) is 2.70. The fraction of sp³-hybridized carbons (Fsp3) is 0.250. The maximum absolute atomic E-state index is 12.1. The Bertz CT molecular complexity index is 774. The number of halogens is 1. The van der Waals surface area contributed by atoms with Crippen molar-refractivity contribution in [3.05, 3.63) is 49.0 Å². The number of sulfonamides is 1. The van der Waals surface area contributed by atoms with Crippen LogP contribution in [0, 0.1) is 13.8 Å². The van der Waals surface area contributed by atoms with Crippen LogP contribution in [0.1, 0.15) is 15.3 Å². The van der Waals surface area contributed by atoms with E-state index >= 15 is 0 Å². The van der Waals surface area contributed by atoms with Crippen LogP contribution >= 0.6 is 22.9 Å². The Kier molecular flexibility index (Phi) is 4.33. The van der Waals surface area contributed by atoms with Crippen molar-refractivity contribution in [2.24, 2.45) is 0 Å². The van der Waals surface area contributed by atoms with Gasteiger partial charge in [-0.05, 0) is 31.5 Å². The molecule has 0 aliphatic heterocycles. The highest BCUT2D eigenvalue weighted by molar-refractivity contribution is 7.89. The maximum atomic E-state index is 12.1. The van der Waals surface area contributed by atoms with Crippen molar-refractivity contribution in [2.45, 2.75) is 25.3 Å². The molecule has 0 bridgehead atoms. The van der Waals surface area contributed by atoms with Crippen LogP contribution in [0.15, 0.2) is 28.0 Å². The molecule has 8 heteroatoms. The number of nitrogens with one attached hydrogen (secondary N) is 2. The average molecular weight is 333 g/mol. The van der Waals surface area contributed by atoms with Gasteiger partial charge in [0.2, 0.25) is 10.0 Å². The van der Waals surface area contributed by atoms with Gasteiger partial charge in [0.25, 0.3) is 5.56 Å². The third-order valence-corrected chi connectivity index (χ3v) is 5.61. The summed E-state index contributed by atoms with van der Waals surface area (Å²) in [7, 11) is -3.70. The Hall–Kier alpha value is -1.15. The largest absolute Gasteiger partial charge is 0.326 e. The molecule has 0 aliphatic rings. The molecule has 0 fully saturated rings. The van der Waals surface area contributed by atoms with Crippen LogP contribution in [0.2, 0.25) is 5.02 Å². The minimum atomic E-state index is -3.70. The number of rotatable bonds is 4. The molecular formula is C12H13ClN2O3S2. The monoisotopic (exact) mass is 332 g/mol. The third-order valence-electron chi connectivity index (χ3n) is 2.80. The van der Waals surface area contributed by atoms with Crippen LogP contribution in [0.25, 0.3) is 0 Å². The smallest absolute Gasteiger partial charge is 0.266 e. The molecule has 0 unspecified atom stereocenters. The predicted molar refractivity (Wildman–Crippen MR) is 79.9 cm³/mol. The van der Waals surface area contributed by atoms with Crippen LogP contribution < -0.4 is 10.3 Å². The number of aromatic nitrogens is 1. The van der Waals surface area contributed by atoms with E-state index in [1.54, 1.807) is 11.3 Å². The van der Waals surface area contributed by atoms with Gasteiger partial charge in [0.15, 0.2) is 0 Å². The fourth-order valence-corrected chi connectivity index (χ4v) is 3.90. The van der Waals surface area contributed by atoms with Crippen LogP contribution in [0.5, 0.6) is 0 Å². The van der Waals surface area contributed by atoms with E-state index in [2.05, 4.69) is 9.71 Å². The van der Waals surface area contributed by atoms with Crippen LogP contribution in [0.3, 0.4) is 0 Å². The Morgan fingerprint density at radius 1 is 1.35 bits per heavy atom. The van der Waals surface area contributed by atoms with Crippen LogP contribution in [0.4, 0.5) is 0 Å². The van der Waals surface area contributed by atoms with Crippen molar-refractivity contribution < 1.29 is 8.42 Å². The zero-order valence-electron chi connectivity index (χ0n) is 10.9. The molecule has 2 aromatic heterocycles. The molecule has 108 valence electrons. The molecule has 0 radical (unpaired) electrons. The second-order valence-corrected chi connectivity index (χ2v) is 7.80. The van der Waals surface area contributed by atoms with Gasteiger partial charge in [0.1, 0.15) is 5.02 Å². The molecule has 0 spiro atoms. The lowest BCUT2D eigenvalue weighted by Gasteiger charge is -2.05. The molecule has 5 nitrogen and oxygen atoms in total. The summed E-state index contributed by atoms with van der Waals surface area (Å²) in [6.07, 6.45) is 1.13.